The Morgan fingerprint density at radius 1 is 1.11 bits per heavy atom. The van der Waals surface area contributed by atoms with Crippen LogP contribution in [0.3, 0.4) is 0 Å². The van der Waals surface area contributed by atoms with Crippen LogP contribution in [0.4, 0.5) is 0 Å². The molecule has 2 nitrogen and oxygen atoms in total. The number of nitrogens with one attached hydrogen (secondary N) is 1. The second-order valence-corrected chi connectivity index (χ2v) is 5.60. The first kappa shape index (κ1) is 13.6. The number of hydrogen-bond donors (Lipinski definition) is 1. The fourth-order valence-electron chi connectivity index (χ4n) is 3.00. The van der Waals surface area contributed by atoms with Gasteiger partial charge in [-0.25, -0.2) is 0 Å². The van der Waals surface area contributed by atoms with Crippen molar-refractivity contribution in [3.05, 3.63) is 34.9 Å². The normalized spacial score (nSPS) is 18.2. The van der Waals surface area contributed by atoms with Crippen molar-refractivity contribution in [3.63, 3.8) is 0 Å². The van der Waals surface area contributed by atoms with E-state index in [0.717, 1.165) is 19.1 Å². The van der Waals surface area contributed by atoms with Crippen LogP contribution in [0.1, 0.15) is 36.5 Å². The molecule has 1 fully saturated rings. The van der Waals surface area contributed by atoms with Gasteiger partial charge in [-0.3, -0.25) is 4.90 Å². The summed E-state index contributed by atoms with van der Waals surface area (Å²) in [5.74, 6) is 0. The molecule has 0 atom stereocenters. The summed E-state index contributed by atoms with van der Waals surface area (Å²) in [6, 6.07) is 7.64. The van der Waals surface area contributed by atoms with Crippen LogP contribution < -0.4 is 5.32 Å². The van der Waals surface area contributed by atoms with E-state index in [4.69, 9.17) is 0 Å². The highest BCUT2D eigenvalue weighted by atomic mass is 15.1. The minimum absolute atomic E-state index is 0.741. The van der Waals surface area contributed by atoms with Crippen LogP contribution in [-0.2, 0) is 6.54 Å². The molecule has 2 heteroatoms. The Kier molecular flexibility index (Phi) is 4.79. The van der Waals surface area contributed by atoms with Crippen molar-refractivity contribution in [1.29, 1.82) is 0 Å². The van der Waals surface area contributed by atoms with E-state index in [0.29, 0.717) is 0 Å². The molecule has 0 bridgehead atoms. The molecule has 1 saturated heterocycles. The van der Waals surface area contributed by atoms with Crippen molar-refractivity contribution >= 4 is 0 Å². The van der Waals surface area contributed by atoms with Gasteiger partial charge in [-0.1, -0.05) is 36.2 Å². The smallest absolute Gasteiger partial charge is 0.0233 e. The van der Waals surface area contributed by atoms with Gasteiger partial charge in [0.15, 0.2) is 0 Å². The third-order valence-electron chi connectivity index (χ3n) is 3.77. The Hall–Kier alpha value is -0.860. The molecule has 1 aliphatic heterocycles. The summed E-state index contributed by atoms with van der Waals surface area (Å²) in [7, 11) is 0. The SMILES string of the molecule is CCNC1CCN(Cc2cc(C)cc(C)c2)CC1. The second kappa shape index (κ2) is 6.35. The van der Waals surface area contributed by atoms with Crippen molar-refractivity contribution in [2.45, 2.75) is 46.2 Å². The molecule has 18 heavy (non-hydrogen) atoms. The summed E-state index contributed by atoms with van der Waals surface area (Å²) >= 11 is 0. The molecule has 0 unspecified atom stereocenters. The largest absolute Gasteiger partial charge is 0.314 e. The lowest BCUT2D eigenvalue weighted by Crippen LogP contribution is -2.42. The van der Waals surface area contributed by atoms with Gasteiger partial charge in [-0.15, -0.1) is 0 Å². The Balaban J connectivity index is 1.87. The lowest BCUT2D eigenvalue weighted by Gasteiger charge is -2.32. The van der Waals surface area contributed by atoms with E-state index in [1.165, 1.54) is 42.6 Å². The maximum Gasteiger partial charge on any atom is 0.0233 e. The third-order valence-corrected chi connectivity index (χ3v) is 3.77. The number of likely N-dealkylation sites (tertiary alicyclic amines) is 1. The molecular formula is C16H26N2. The molecule has 1 aliphatic rings. The highest BCUT2D eigenvalue weighted by molar-refractivity contribution is 5.28. The van der Waals surface area contributed by atoms with Crippen LogP contribution in [0.15, 0.2) is 18.2 Å². The number of hydrogen-bond acceptors (Lipinski definition) is 2. The zero-order chi connectivity index (χ0) is 13.0. The Morgan fingerprint density at radius 2 is 1.72 bits per heavy atom. The molecule has 1 heterocycles. The van der Waals surface area contributed by atoms with E-state index in [2.05, 4.69) is 49.2 Å². The number of aryl methyl sites for hydroxylation is 2. The van der Waals surface area contributed by atoms with Gasteiger partial charge in [-0.05, 0) is 51.9 Å². The van der Waals surface area contributed by atoms with Crippen molar-refractivity contribution in [2.75, 3.05) is 19.6 Å². The van der Waals surface area contributed by atoms with Crippen LogP contribution in [-0.4, -0.2) is 30.6 Å². The molecule has 0 radical (unpaired) electrons. The lowest BCUT2D eigenvalue weighted by atomic mass is 10.0. The topological polar surface area (TPSA) is 15.3 Å². The summed E-state index contributed by atoms with van der Waals surface area (Å²) in [6.45, 7) is 11.2. The lowest BCUT2D eigenvalue weighted by molar-refractivity contribution is 0.192. The number of piperidine rings is 1. The third kappa shape index (κ3) is 3.82. The van der Waals surface area contributed by atoms with Crippen LogP contribution in [0.2, 0.25) is 0 Å². The average molecular weight is 246 g/mol. The number of nitrogens with zero attached hydrogens (tertiary/aromatic N) is 1. The molecule has 100 valence electrons. The number of rotatable bonds is 4. The predicted molar refractivity (Wildman–Crippen MR) is 77.9 cm³/mol. The van der Waals surface area contributed by atoms with Crippen LogP contribution >= 0.6 is 0 Å². The molecule has 1 aromatic rings. The summed E-state index contributed by atoms with van der Waals surface area (Å²) in [4.78, 5) is 2.59. The van der Waals surface area contributed by atoms with Crippen molar-refractivity contribution in [2.24, 2.45) is 0 Å². The van der Waals surface area contributed by atoms with E-state index in [9.17, 15) is 0 Å². The van der Waals surface area contributed by atoms with Gasteiger partial charge in [0, 0.05) is 12.6 Å². The summed E-state index contributed by atoms with van der Waals surface area (Å²) in [5.41, 5.74) is 4.23. The van der Waals surface area contributed by atoms with Crippen molar-refractivity contribution < 1.29 is 0 Å². The van der Waals surface area contributed by atoms with Crippen molar-refractivity contribution in [3.8, 4) is 0 Å². The van der Waals surface area contributed by atoms with E-state index in [1.54, 1.807) is 0 Å². The molecule has 0 amide bonds. The molecule has 0 spiro atoms. The molecule has 0 aromatic heterocycles. The van der Waals surface area contributed by atoms with E-state index in [1.807, 2.05) is 0 Å². The minimum Gasteiger partial charge on any atom is -0.314 e. The van der Waals surface area contributed by atoms with Crippen LogP contribution in [0, 0.1) is 13.8 Å². The molecule has 1 N–H and O–H groups in total. The monoisotopic (exact) mass is 246 g/mol. The fourth-order valence-corrected chi connectivity index (χ4v) is 3.00. The first-order chi connectivity index (χ1) is 8.67. The Labute approximate surface area is 111 Å². The first-order valence-electron chi connectivity index (χ1n) is 7.20. The summed E-state index contributed by atoms with van der Waals surface area (Å²) in [5, 5.41) is 3.56. The van der Waals surface area contributed by atoms with Gasteiger partial charge in [0.05, 0.1) is 0 Å². The minimum atomic E-state index is 0.741. The number of benzene rings is 1. The van der Waals surface area contributed by atoms with Crippen LogP contribution in [0.25, 0.3) is 0 Å². The van der Waals surface area contributed by atoms with Crippen LogP contribution in [0.5, 0.6) is 0 Å². The van der Waals surface area contributed by atoms with Gasteiger partial charge in [-0.2, -0.15) is 0 Å². The highest BCUT2D eigenvalue weighted by Crippen LogP contribution is 2.16. The molecule has 1 aromatic carbocycles. The van der Waals surface area contributed by atoms with Crippen molar-refractivity contribution in [1.82, 2.24) is 10.2 Å². The van der Waals surface area contributed by atoms with E-state index < -0.39 is 0 Å². The maximum absolute atomic E-state index is 3.56. The van der Waals surface area contributed by atoms with Gasteiger partial charge in [0.25, 0.3) is 0 Å². The second-order valence-electron chi connectivity index (χ2n) is 5.60. The van der Waals surface area contributed by atoms with Gasteiger partial charge in [0.1, 0.15) is 0 Å². The van der Waals surface area contributed by atoms with E-state index >= 15 is 0 Å². The predicted octanol–water partition coefficient (Wildman–Crippen LogP) is 2.88. The highest BCUT2D eigenvalue weighted by Gasteiger charge is 2.18. The average Bonchev–Trinajstić information content (AvgIpc) is 2.31. The summed E-state index contributed by atoms with van der Waals surface area (Å²) < 4.78 is 0. The zero-order valence-corrected chi connectivity index (χ0v) is 12.0. The summed E-state index contributed by atoms with van der Waals surface area (Å²) in [6.07, 6.45) is 2.58. The van der Waals surface area contributed by atoms with Gasteiger partial charge < -0.3 is 5.32 Å². The molecule has 0 aliphatic carbocycles. The Morgan fingerprint density at radius 3 is 2.28 bits per heavy atom. The van der Waals surface area contributed by atoms with Gasteiger partial charge >= 0.3 is 0 Å². The zero-order valence-electron chi connectivity index (χ0n) is 12.0. The fraction of sp³-hybridized carbons (Fsp3) is 0.625. The molecule has 2 rings (SSSR count). The maximum atomic E-state index is 3.56. The van der Waals surface area contributed by atoms with E-state index in [-0.39, 0.29) is 0 Å². The standard InChI is InChI=1S/C16H26N2/c1-4-17-16-5-7-18(8-6-16)12-15-10-13(2)9-14(3)11-15/h9-11,16-17H,4-8,12H2,1-3H3. The quantitative estimate of drug-likeness (QED) is 0.879. The van der Waals surface area contributed by atoms with Gasteiger partial charge in [0.2, 0.25) is 0 Å². The first-order valence-corrected chi connectivity index (χ1v) is 7.20. The Bertz CT molecular complexity index is 358. The molecule has 0 saturated carbocycles. The molecular weight excluding hydrogens is 220 g/mol.